The fourth-order valence-electron chi connectivity index (χ4n) is 4.14. The van der Waals surface area contributed by atoms with Crippen LogP contribution in [-0.2, 0) is 14.3 Å². The maximum Gasteiger partial charge on any atom is 0.242 e. The van der Waals surface area contributed by atoms with Crippen molar-refractivity contribution in [3.05, 3.63) is 0 Å². The summed E-state index contributed by atoms with van der Waals surface area (Å²) in [6.45, 7) is 3.58. The van der Waals surface area contributed by atoms with Crippen LogP contribution in [0.5, 0.6) is 0 Å². The molecule has 0 radical (unpaired) electrons. The Morgan fingerprint density at radius 3 is 2.52 bits per heavy atom. The first-order valence-corrected chi connectivity index (χ1v) is 9.41. The second kappa shape index (κ2) is 8.13. The summed E-state index contributed by atoms with van der Waals surface area (Å²) in [6, 6.07) is 0. The van der Waals surface area contributed by atoms with Crippen LogP contribution in [0.2, 0.25) is 0 Å². The number of carbonyl (C=O) groups is 2. The molecule has 3 aliphatic rings. The average Bonchev–Trinajstić information content (AvgIpc) is 3.09. The third-order valence-electron chi connectivity index (χ3n) is 5.63. The summed E-state index contributed by atoms with van der Waals surface area (Å²) in [5, 5.41) is 0. The van der Waals surface area contributed by atoms with Crippen LogP contribution in [0.1, 0.15) is 57.8 Å². The van der Waals surface area contributed by atoms with Gasteiger partial charge in [-0.05, 0) is 44.4 Å². The summed E-state index contributed by atoms with van der Waals surface area (Å²) in [5.41, 5.74) is 0. The Labute approximate surface area is 139 Å². The number of amides is 2. The Bertz CT molecular complexity index is 412. The van der Waals surface area contributed by atoms with Gasteiger partial charge in [0.15, 0.2) is 0 Å². The minimum absolute atomic E-state index is 0.129. The van der Waals surface area contributed by atoms with Crippen LogP contribution in [0.25, 0.3) is 0 Å². The molecule has 0 saturated carbocycles. The summed E-state index contributed by atoms with van der Waals surface area (Å²) in [4.78, 5) is 28.4. The molecule has 23 heavy (non-hydrogen) atoms. The normalized spacial score (nSPS) is 27.8. The van der Waals surface area contributed by atoms with E-state index in [0.29, 0.717) is 18.4 Å². The Kier molecular flexibility index (Phi) is 5.92. The minimum atomic E-state index is 0.129. The summed E-state index contributed by atoms with van der Waals surface area (Å²) >= 11 is 0. The first kappa shape index (κ1) is 16.7. The standard InChI is InChI=1S/C18H30N2O3/c21-17-7-3-1-2-4-10-20(17)14-18(22)19-11-8-15(9-12-19)16-6-5-13-23-16/h15-16H,1-14H2. The molecule has 3 fully saturated rings. The second-order valence-electron chi connectivity index (χ2n) is 7.25. The zero-order valence-electron chi connectivity index (χ0n) is 14.2. The van der Waals surface area contributed by atoms with Crippen LogP contribution >= 0.6 is 0 Å². The van der Waals surface area contributed by atoms with Crippen LogP contribution < -0.4 is 0 Å². The monoisotopic (exact) mass is 322 g/mol. The van der Waals surface area contributed by atoms with E-state index in [1.54, 1.807) is 4.90 Å². The maximum atomic E-state index is 12.5. The topological polar surface area (TPSA) is 49.9 Å². The lowest BCUT2D eigenvalue weighted by Gasteiger charge is -2.35. The molecule has 0 aromatic carbocycles. The summed E-state index contributed by atoms with van der Waals surface area (Å²) in [5.74, 6) is 0.905. The number of nitrogens with zero attached hydrogens (tertiary/aromatic N) is 2. The molecule has 0 aromatic heterocycles. The third-order valence-corrected chi connectivity index (χ3v) is 5.63. The SMILES string of the molecule is O=C(CN1CCCCCCC1=O)N1CCC(C2CCCO2)CC1. The molecule has 2 amide bonds. The molecule has 3 rings (SSSR count). The predicted octanol–water partition coefficient (Wildman–Crippen LogP) is 2.20. The van der Waals surface area contributed by atoms with Gasteiger partial charge in [0.05, 0.1) is 12.6 Å². The van der Waals surface area contributed by atoms with Gasteiger partial charge in [-0.3, -0.25) is 9.59 Å². The first-order chi connectivity index (χ1) is 11.2. The van der Waals surface area contributed by atoms with Crippen molar-refractivity contribution < 1.29 is 14.3 Å². The number of likely N-dealkylation sites (tertiary alicyclic amines) is 2. The Hall–Kier alpha value is -1.10. The van der Waals surface area contributed by atoms with Crippen molar-refractivity contribution >= 4 is 11.8 Å². The predicted molar refractivity (Wildman–Crippen MR) is 87.9 cm³/mol. The van der Waals surface area contributed by atoms with Gasteiger partial charge in [0.2, 0.25) is 11.8 Å². The minimum Gasteiger partial charge on any atom is -0.378 e. The van der Waals surface area contributed by atoms with Gasteiger partial charge in [-0.15, -0.1) is 0 Å². The van der Waals surface area contributed by atoms with Gasteiger partial charge < -0.3 is 14.5 Å². The number of rotatable bonds is 3. The van der Waals surface area contributed by atoms with Crippen molar-refractivity contribution in [2.45, 2.75) is 63.9 Å². The third kappa shape index (κ3) is 4.46. The molecule has 0 spiro atoms. The molecule has 130 valence electrons. The number of ether oxygens (including phenoxy) is 1. The van der Waals surface area contributed by atoms with E-state index in [9.17, 15) is 9.59 Å². The van der Waals surface area contributed by atoms with Gasteiger partial charge in [-0.25, -0.2) is 0 Å². The highest BCUT2D eigenvalue weighted by Crippen LogP contribution is 2.28. The molecule has 3 aliphatic heterocycles. The van der Waals surface area contributed by atoms with Crippen LogP contribution in [-0.4, -0.2) is 60.5 Å². The van der Waals surface area contributed by atoms with E-state index >= 15 is 0 Å². The van der Waals surface area contributed by atoms with E-state index in [2.05, 4.69) is 0 Å². The second-order valence-corrected chi connectivity index (χ2v) is 7.25. The fraction of sp³-hybridized carbons (Fsp3) is 0.889. The average molecular weight is 322 g/mol. The van der Waals surface area contributed by atoms with Crippen molar-refractivity contribution in [3.63, 3.8) is 0 Å². The summed E-state index contributed by atoms with van der Waals surface area (Å²) < 4.78 is 5.79. The van der Waals surface area contributed by atoms with Crippen LogP contribution in [0.4, 0.5) is 0 Å². The van der Waals surface area contributed by atoms with Gasteiger partial charge >= 0.3 is 0 Å². The van der Waals surface area contributed by atoms with Gasteiger partial charge in [-0.2, -0.15) is 0 Å². The maximum absolute atomic E-state index is 12.5. The summed E-state index contributed by atoms with van der Waals surface area (Å²) in [6.07, 6.45) is 9.79. The van der Waals surface area contributed by atoms with Gasteiger partial charge in [0.1, 0.15) is 0 Å². The van der Waals surface area contributed by atoms with E-state index in [1.165, 1.54) is 19.3 Å². The van der Waals surface area contributed by atoms with Crippen molar-refractivity contribution in [1.82, 2.24) is 9.80 Å². The molecule has 0 aromatic rings. The van der Waals surface area contributed by atoms with Gasteiger partial charge in [-0.1, -0.05) is 12.8 Å². The smallest absolute Gasteiger partial charge is 0.242 e. The highest BCUT2D eigenvalue weighted by molar-refractivity contribution is 5.85. The Morgan fingerprint density at radius 1 is 1.00 bits per heavy atom. The molecular formula is C18H30N2O3. The lowest BCUT2D eigenvalue weighted by atomic mass is 9.90. The molecule has 3 heterocycles. The Balaban J connectivity index is 1.45. The largest absolute Gasteiger partial charge is 0.378 e. The van der Waals surface area contributed by atoms with Gasteiger partial charge in [0.25, 0.3) is 0 Å². The molecule has 5 nitrogen and oxygen atoms in total. The summed E-state index contributed by atoms with van der Waals surface area (Å²) in [7, 11) is 0. The quantitative estimate of drug-likeness (QED) is 0.800. The Morgan fingerprint density at radius 2 is 1.78 bits per heavy atom. The van der Waals surface area contributed by atoms with E-state index < -0.39 is 0 Å². The number of hydrogen-bond acceptors (Lipinski definition) is 3. The number of carbonyl (C=O) groups excluding carboxylic acids is 2. The molecule has 5 heteroatoms. The molecule has 0 N–H and O–H groups in total. The van der Waals surface area contributed by atoms with E-state index in [1.807, 2.05) is 4.90 Å². The van der Waals surface area contributed by atoms with E-state index in [4.69, 9.17) is 4.74 Å². The zero-order chi connectivity index (χ0) is 16.1. The van der Waals surface area contributed by atoms with Crippen molar-refractivity contribution in [1.29, 1.82) is 0 Å². The molecule has 0 bridgehead atoms. The van der Waals surface area contributed by atoms with Crippen LogP contribution in [0.3, 0.4) is 0 Å². The number of hydrogen-bond donors (Lipinski definition) is 0. The fourth-order valence-corrected chi connectivity index (χ4v) is 4.14. The zero-order valence-corrected chi connectivity index (χ0v) is 14.2. The van der Waals surface area contributed by atoms with Crippen molar-refractivity contribution in [3.8, 4) is 0 Å². The van der Waals surface area contributed by atoms with Crippen molar-refractivity contribution in [2.24, 2.45) is 5.92 Å². The lowest BCUT2D eigenvalue weighted by molar-refractivity contribution is -0.142. The highest BCUT2D eigenvalue weighted by Gasteiger charge is 2.31. The molecule has 3 saturated heterocycles. The van der Waals surface area contributed by atoms with Crippen LogP contribution in [0.15, 0.2) is 0 Å². The molecular weight excluding hydrogens is 292 g/mol. The lowest BCUT2D eigenvalue weighted by Crippen LogP contribution is -2.47. The van der Waals surface area contributed by atoms with Crippen LogP contribution in [0, 0.1) is 5.92 Å². The molecule has 0 aliphatic carbocycles. The highest BCUT2D eigenvalue weighted by atomic mass is 16.5. The van der Waals surface area contributed by atoms with E-state index in [-0.39, 0.29) is 18.4 Å². The molecule has 1 atom stereocenters. The van der Waals surface area contributed by atoms with Crippen molar-refractivity contribution in [2.75, 3.05) is 32.8 Å². The molecule has 1 unspecified atom stereocenters. The van der Waals surface area contributed by atoms with Gasteiger partial charge in [0, 0.05) is 32.7 Å². The first-order valence-electron chi connectivity index (χ1n) is 9.41. The van der Waals surface area contributed by atoms with E-state index in [0.717, 1.165) is 58.3 Å². The number of piperidine rings is 1.